The lowest BCUT2D eigenvalue weighted by Crippen LogP contribution is -2.13. The van der Waals surface area contributed by atoms with Gasteiger partial charge in [0.05, 0.1) is 22.4 Å². The summed E-state index contributed by atoms with van der Waals surface area (Å²) in [7, 11) is 0. The maximum Gasteiger partial charge on any atom is 0.248 e. The first-order valence-corrected chi connectivity index (χ1v) is 14.3. The van der Waals surface area contributed by atoms with Gasteiger partial charge in [-0.25, -0.2) is 0 Å². The Hall–Kier alpha value is -5.94. The van der Waals surface area contributed by atoms with Crippen LogP contribution in [0.25, 0.3) is 50.4 Å². The van der Waals surface area contributed by atoms with Crippen LogP contribution in [0.2, 0.25) is 0 Å². The van der Waals surface area contributed by atoms with E-state index in [1.165, 1.54) is 21.8 Å². The van der Waals surface area contributed by atoms with Gasteiger partial charge in [0.1, 0.15) is 0 Å². The Morgan fingerprint density at radius 2 is 0.930 bits per heavy atom. The molecule has 43 heavy (non-hydrogen) atoms. The quantitative estimate of drug-likeness (QED) is 0.205. The molecule has 0 radical (unpaired) electrons. The standard InChI is InChI=1S/C38H26N4O/c1-3-13-27(14-4-1)37-39-40-38(43-37)28-23-25-30(26-24-28)41(29-15-5-2-6-16-29)35-21-11-12-22-36(35)42-33-19-9-7-17-31(33)32-18-8-10-20-34(32)42/h1-26H. The van der Waals surface area contributed by atoms with Gasteiger partial charge < -0.3 is 13.9 Å². The van der Waals surface area contributed by atoms with E-state index in [1.807, 2.05) is 48.5 Å². The highest BCUT2D eigenvalue weighted by Crippen LogP contribution is 2.41. The van der Waals surface area contributed by atoms with Crippen molar-refractivity contribution in [2.45, 2.75) is 0 Å². The normalized spacial score (nSPS) is 11.3. The van der Waals surface area contributed by atoms with Crippen LogP contribution in [0.3, 0.4) is 0 Å². The van der Waals surface area contributed by atoms with Gasteiger partial charge in [-0.3, -0.25) is 0 Å². The van der Waals surface area contributed by atoms with E-state index >= 15 is 0 Å². The van der Waals surface area contributed by atoms with Crippen molar-refractivity contribution in [3.8, 4) is 28.6 Å². The molecule has 2 aromatic heterocycles. The molecule has 204 valence electrons. The minimum atomic E-state index is 0.488. The zero-order chi connectivity index (χ0) is 28.6. The molecule has 0 aliphatic heterocycles. The number of benzene rings is 6. The zero-order valence-corrected chi connectivity index (χ0v) is 23.2. The molecule has 0 saturated carbocycles. The van der Waals surface area contributed by atoms with Crippen LogP contribution in [-0.2, 0) is 0 Å². The first kappa shape index (κ1) is 24.8. The fourth-order valence-corrected chi connectivity index (χ4v) is 5.82. The number of anilines is 3. The van der Waals surface area contributed by atoms with Gasteiger partial charge in [-0.2, -0.15) is 0 Å². The van der Waals surface area contributed by atoms with Crippen LogP contribution >= 0.6 is 0 Å². The smallest absolute Gasteiger partial charge is 0.248 e. The average Bonchev–Trinajstić information content (AvgIpc) is 3.71. The molecule has 5 heteroatoms. The van der Waals surface area contributed by atoms with Crippen molar-refractivity contribution in [3.63, 3.8) is 0 Å². The number of fused-ring (bicyclic) bond motifs is 3. The molecule has 6 aromatic carbocycles. The van der Waals surface area contributed by atoms with Crippen molar-refractivity contribution in [1.29, 1.82) is 0 Å². The molecule has 0 unspecified atom stereocenters. The zero-order valence-electron chi connectivity index (χ0n) is 23.2. The van der Waals surface area contributed by atoms with Gasteiger partial charge in [0.2, 0.25) is 11.8 Å². The maximum absolute atomic E-state index is 6.04. The fraction of sp³-hybridized carbons (Fsp3) is 0. The summed E-state index contributed by atoms with van der Waals surface area (Å²) in [5.74, 6) is 0.994. The highest BCUT2D eigenvalue weighted by Gasteiger charge is 2.20. The van der Waals surface area contributed by atoms with Crippen LogP contribution in [0.15, 0.2) is 162 Å². The Kier molecular flexibility index (Phi) is 6.05. The summed E-state index contributed by atoms with van der Waals surface area (Å²) in [4.78, 5) is 2.30. The van der Waals surface area contributed by atoms with Crippen LogP contribution in [0.4, 0.5) is 17.1 Å². The SMILES string of the molecule is c1ccc(-c2nnc(-c3ccc(N(c4ccccc4)c4ccccc4-n4c5ccccc5c5ccccc54)cc3)o2)cc1. The van der Waals surface area contributed by atoms with Crippen molar-refractivity contribution in [2.24, 2.45) is 0 Å². The van der Waals surface area contributed by atoms with Crippen LogP contribution in [-0.4, -0.2) is 14.8 Å². The summed E-state index contributed by atoms with van der Waals surface area (Å²) in [5.41, 5.74) is 8.35. The van der Waals surface area contributed by atoms with Gasteiger partial charge in [0.25, 0.3) is 0 Å². The Balaban J connectivity index is 1.27. The molecule has 0 N–H and O–H groups in total. The van der Waals surface area contributed by atoms with E-state index < -0.39 is 0 Å². The number of rotatable bonds is 6. The van der Waals surface area contributed by atoms with Crippen LogP contribution in [0.5, 0.6) is 0 Å². The highest BCUT2D eigenvalue weighted by molar-refractivity contribution is 6.09. The van der Waals surface area contributed by atoms with Gasteiger partial charge in [-0.05, 0) is 72.8 Å². The molecule has 0 saturated heterocycles. The van der Waals surface area contributed by atoms with E-state index in [9.17, 15) is 0 Å². The summed E-state index contributed by atoms with van der Waals surface area (Å²) >= 11 is 0. The molecular formula is C38H26N4O. The summed E-state index contributed by atoms with van der Waals surface area (Å²) in [6.45, 7) is 0. The van der Waals surface area contributed by atoms with Crippen molar-refractivity contribution < 1.29 is 4.42 Å². The fourth-order valence-electron chi connectivity index (χ4n) is 5.82. The Morgan fingerprint density at radius 3 is 1.58 bits per heavy atom. The molecular weight excluding hydrogens is 528 g/mol. The molecule has 0 spiro atoms. The van der Waals surface area contributed by atoms with Gasteiger partial charge in [0, 0.05) is 33.3 Å². The second-order valence-corrected chi connectivity index (χ2v) is 10.4. The summed E-state index contributed by atoms with van der Waals surface area (Å²) in [6, 6.07) is 54.4. The van der Waals surface area contributed by atoms with Crippen molar-refractivity contribution in [3.05, 3.63) is 158 Å². The first-order valence-electron chi connectivity index (χ1n) is 14.3. The van der Waals surface area contributed by atoms with E-state index in [0.29, 0.717) is 11.8 Å². The van der Waals surface area contributed by atoms with Gasteiger partial charge in [-0.15, -0.1) is 10.2 Å². The molecule has 8 rings (SSSR count). The number of hydrogen-bond acceptors (Lipinski definition) is 4. The number of nitrogens with zero attached hydrogens (tertiary/aromatic N) is 4. The first-order chi connectivity index (χ1) is 21.3. The second-order valence-electron chi connectivity index (χ2n) is 10.4. The largest absolute Gasteiger partial charge is 0.416 e. The topological polar surface area (TPSA) is 47.1 Å². The van der Waals surface area contributed by atoms with E-state index in [0.717, 1.165) is 33.9 Å². The average molecular weight is 555 g/mol. The molecule has 0 bridgehead atoms. The highest BCUT2D eigenvalue weighted by atomic mass is 16.4. The molecule has 0 amide bonds. The maximum atomic E-state index is 6.04. The number of aromatic nitrogens is 3. The Labute approximate surface area is 248 Å². The lowest BCUT2D eigenvalue weighted by atomic mass is 10.1. The molecule has 2 heterocycles. The lowest BCUT2D eigenvalue weighted by molar-refractivity contribution is 0.584. The Morgan fingerprint density at radius 1 is 0.442 bits per heavy atom. The molecule has 5 nitrogen and oxygen atoms in total. The van der Waals surface area contributed by atoms with E-state index in [4.69, 9.17) is 4.42 Å². The van der Waals surface area contributed by atoms with Crippen molar-refractivity contribution in [1.82, 2.24) is 14.8 Å². The molecule has 0 aliphatic carbocycles. The third kappa shape index (κ3) is 4.35. The summed E-state index contributed by atoms with van der Waals surface area (Å²) in [5, 5.41) is 11.1. The van der Waals surface area contributed by atoms with Crippen molar-refractivity contribution in [2.75, 3.05) is 4.90 Å². The molecule has 0 atom stereocenters. The summed E-state index contributed by atoms with van der Waals surface area (Å²) < 4.78 is 8.40. The minimum absolute atomic E-state index is 0.488. The van der Waals surface area contributed by atoms with Crippen LogP contribution in [0.1, 0.15) is 0 Å². The molecule has 0 aliphatic rings. The van der Waals surface area contributed by atoms with Gasteiger partial charge in [0.15, 0.2) is 0 Å². The number of para-hydroxylation sites is 5. The van der Waals surface area contributed by atoms with E-state index in [2.05, 4.69) is 129 Å². The third-order valence-electron chi connectivity index (χ3n) is 7.78. The molecule has 8 aromatic rings. The third-order valence-corrected chi connectivity index (χ3v) is 7.78. The van der Waals surface area contributed by atoms with E-state index in [-0.39, 0.29) is 0 Å². The lowest BCUT2D eigenvalue weighted by Gasteiger charge is -2.28. The predicted molar refractivity (Wildman–Crippen MR) is 174 cm³/mol. The van der Waals surface area contributed by atoms with Gasteiger partial charge in [-0.1, -0.05) is 84.9 Å². The molecule has 0 fully saturated rings. The van der Waals surface area contributed by atoms with Crippen LogP contribution in [0, 0.1) is 0 Å². The van der Waals surface area contributed by atoms with Crippen LogP contribution < -0.4 is 4.90 Å². The summed E-state index contributed by atoms with van der Waals surface area (Å²) in [6.07, 6.45) is 0. The van der Waals surface area contributed by atoms with Gasteiger partial charge >= 0.3 is 0 Å². The van der Waals surface area contributed by atoms with Crippen molar-refractivity contribution >= 4 is 38.9 Å². The number of hydrogen-bond donors (Lipinski definition) is 0. The predicted octanol–water partition coefficient (Wildman–Crippen LogP) is 9.97. The Bertz CT molecular complexity index is 2130. The monoisotopic (exact) mass is 554 g/mol. The second kappa shape index (κ2) is 10.5. The van der Waals surface area contributed by atoms with E-state index in [1.54, 1.807) is 0 Å². The minimum Gasteiger partial charge on any atom is -0.416 e.